The van der Waals surface area contributed by atoms with Crippen LogP contribution in [-0.2, 0) is 9.53 Å². The van der Waals surface area contributed by atoms with Crippen molar-refractivity contribution in [2.24, 2.45) is 0 Å². The third kappa shape index (κ3) is 4.89. The van der Waals surface area contributed by atoms with Crippen LogP contribution in [0.25, 0.3) is 10.2 Å². The zero-order chi connectivity index (χ0) is 20.4. The lowest BCUT2D eigenvalue weighted by molar-refractivity contribution is -0.116. The van der Waals surface area contributed by atoms with Crippen LogP contribution in [0.3, 0.4) is 0 Å². The van der Waals surface area contributed by atoms with Gasteiger partial charge in [-0.15, -0.1) is 11.8 Å². The van der Waals surface area contributed by atoms with Crippen LogP contribution in [0.5, 0.6) is 0 Å². The molecule has 0 aliphatic carbocycles. The summed E-state index contributed by atoms with van der Waals surface area (Å²) >= 11 is 15.2. The summed E-state index contributed by atoms with van der Waals surface area (Å²) in [5.74, 6) is 0.340. The number of hydrogen-bond donors (Lipinski definition) is 0. The average molecular weight is 467 g/mol. The van der Waals surface area contributed by atoms with Crippen LogP contribution in [0.2, 0.25) is 10.0 Å². The topological polar surface area (TPSA) is 42.4 Å². The molecule has 0 N–H and O–H groups in total. The molecule has 1 unspecified atom stereocenters. The van der Waals surface area contributed by atoms with E-state index < -0.39 is 0 Å². The number of anilines is 1. The van der Waals surface area contributed by atoms with Crippen molar-refractivity contribution >= 4 is 67.6 Å². The van der Waals surface area contributed by atoms with Gasteiger partial charge in [-0.3, -0.25) is 9.69 Å². The molecule has 2 heterocycles. The number of ether oxygens (including phenoxy) is 1. The zero-order valence-electron chi connectivity index (χ0n) is 15.9. The Hall–Kier alpha value is -1.31. The van der Waals surface area contributed by atoms with Gasteiger partial charge < -0.3 is 4.74 Å². The Morgan fingerprint density at radius 3 is 2.79 bits per heavy atom. The van der Waals surface area contributed by atoms with Gasteiger partial charge in [-0.25, -0.2) is 4.98 Å². The molecule has 0 radical (unpaired) electrons. The van der Waals surface area contributed by atoms with E-state index in [1.54, 1.807) is 4.90 Å². The molecule has 1 aromatic heterocycles. The molecule has 1 amide bonds. The lowest BCUT2D eigenvalue weighted by Crippen LogP contribution is -2.38. The molecule has 152 valence electrons. The fourth-order valence-electron chi connectivity index (χ4n) is 3.24. The summed E-state index contributed by atoms with van der Waals surface area (Å²) in [7, 11) is 0. The first-order valence-corrected chi connectivity index (χ1v) is 11.9. The summed E-state index contributed by atoms with van der Waals surface area (Å²) in [6, 6.07) is 11.4. The second-order valence-corrected chi connectivity index (χ2v) is 9.80. The Morgan fingerprint density at radius 2 is 2.07 bits per heavy atom. The molecule has 29 heavy (non-hydrogen) atoms. The molecule has 1 fully saturated rings. The van der Waals surface area contributed by atoms with E-state index in [-0.39, 0.29) is 12.0 Å². The van der Waals surface area contributed by atoms with E-state index in [0.717, 1.165) is 40.1 Å². The number of nitrogens with zero attached hydrogens (tertiary/aromatic N) is 2. The first kappa shape index (κ1) is 20.9. The van der Waals surface area contributed by atoms with Gasteiger partial charge in [-0.1, -0.05) is 34.5 Å². The highest BCUT2D eigenvalue weighted by Crippen LogP contribution is 2.34. The number of aromatic nitrogens is 1. The van der Waals surface area contributed by atoms with Gasteiger partial charge in [0.1, 0.15) is 0 Å². The monoisotopic (exact) mass is 466 g/mol. The number of rotatable bonds is 6. The molecule has 1 aliphatic heterocycles. The Morgan fingerprint density at radius 1 is 1.28 bits per heavy atom. The van der Waals surface area contributed by atoms with Crippen LogP contribution in [0, 0.1) is 6.92 Å². The van der Waals surface area contributed by atoms with Gasteiger partial charge in [0.05, 0.1) is 28.6 Å². The van der Waals surface area contributed by atoms with Gasteiger partial charge in [0, 0.05) is 21.5 Å². The maximum atomic E-state index is 13.2. The number of carbonyl (C=O) groups excluding carboxylic acids is 1. The summed E-state index contributed by atoms with van der Waals surface area (Å²) in [6.07, 6.45) is 2.04. The highest BCUT2D eigenvalue weighted by molar-refractivity contribution is 8.00. The number of fused-ring (bicyclic) bond motifs is 1. The third-order valence-corrected chi connectivity index (χ3v) is 7.56. The average Bonchev–Trinajstić information content (AvgIpc) is 3.38. The van der Waals surface area contributed by atoms with Crippen LogP contribution < -0.4 is 4.90 Å². The minimum Gasteiger partial charge on any atom is -0.376 e. The Balaban J connectivity index is 1.57. The van der Waals surface area contributed by atoms with Gasteiger partial charge in [0.2, 0.25) is 5.91 Å². The SMILES string of the molecule is Cc1c(Cl)ccc2sc(N(CC3CCCO3)C(=O)CSc3ccc(Cl)cc3)nc12. The minimum absolute atomic E-state index is 0.0169. The molecular formula is C21H20Cl2N2O2S2. The zero-order valence-corrected chi connectivity index (χ0v) is 19.0. The van der Waals surface area contributed by atoms with Crippen molar-refractivity contribution in [3.05, 3.63) is 52.0 Å². The third-order valence-electron chi connectivity index (χ3n) is 4.85. The van der Waals surface area contributed by atoms with Crippen molar-refractivity contribution in [3.63, 3.8) is 0 Å². The second-order valence-electron chi connectivity index (χ2n) is 6.90. The summed E-state index contributed by atoms with van der Waals surface area (Å²) in [5, 5.41) is 2.07. The lowest BCUT2D eigenvalue weighted by Gasteiger charge is -2.23. The minimum atomic E-state index is 0.0169. The van der Waals surface area contributed by atoms with E-state index in [1.165, 1.54) is 23.1 Å². The van der Waals surface area contributed by atoms with E-state index in [1.807, 2.05) is 43.3 Å². The predicted octanol–water partition coefficient (Wildman–Crippen LogP) is 6.22. The summed E-state index contributed by atoms with van der Waals surface area (Å²) in [6.45, 7) is 3.23. The van der Waals surface area contributed by atoms with Crippen molar-refractivity contribution in [3.8, 4) is 0 Å². The number of hydrogen-bond acceptors (Lipinski definition) is 5. The van der Waals surface area contributed by atoms with Gasteiger partial charge >= 0.3 is 0 Å². The number of benzene rings is 2. The molecule has 0 bridgehead atoms. The number of carbonyl (C=O) groups is 1. The van der Waals surface area contributed by atoms with Gasteiger partial charge in [0.25, 0.3) is 0 Å². The molecule has 3 aromatic rings. The molecule has 8 heteroatoms. The Labute approximate surface area is 188 Å². The largest absolute Gasteiger partial charge is 0.376 e. The van der Waals surface area contributed by atoms with Crippen molar-refractivity contribution in [2.75, 3.05) is 23.8 Å². The van der Waals surface area contributed by atoms with E-state index in [2.05, 4.69) is 0 Å². The molecule has 1 atom stereocenters. The Kier molecular flexibility index (Phi) is 6.66. The van der Waals surface area contributed by atoms with E-state index in [0.29, 0.717) is 27.5 Å². The van der Waals surface area contributed by atoms with Gasteiger partial charge in [0.15, 0.2) is 5.13 Å². The maximum absolute atomic E-state index is 13.2. The fourth-order valence-corrected chi connectivity index (χ4v) is 5.34. The van der Waals surface area contributed by atoms with Crippen LogP contribution in [0.1, 0.15) is 18.4 Å². The quantitative estimate of drug-likeness (QED) is 0.404. The molecule has 1 aliphatic rings. The van der Waals surface area contributed by atoms with E-state index in [4.69, 9.17) is 32.9 Å². The fraction of sp³-hybridized carbons (Fsp3) is 0.333. The molecule has 4 rings (SSSR count). The molecular weight excluding hydrogens is 447 g/mol. The first-order chi connectivity index (χ1) is 14.0. The second kappa shape index (κ2) is 9.23. The summed E-state index contributed by atoms with van der Waals surface area (Å²) < 4.78 is 6.81. The smallest absolute Gasteiger partial charge is 0.239 e. The van der Waals surface area contributed by atoms with Crippen LogP contribution in [-0.4, -0.2) is 35.9 Å². The van der Waals surface area contributed by atoms with Crippen LogP contribution in [0.4, 0.5) is 5.13 Å². The number of thioether (sulfide) groups is 1. The van der Waals surface area contributed by atoms with Crippen molar-refractivity contribution < 1.29 is 9.53 Å². The standard InChI is InChI=1S/C21H20Cl2N2O2S2/c1-13-17(23)8-9-18-20(13)24-21(29-18)25(11-15-3-2-10-27-15)19(26)12-28-16-6-4-14(22)5-7-16/h4-9,15H,2-3,10-12H2,1H3. The maximum Gasteiger partial charge on any atom is 0.239 e. The molecule has 2 aromatic carbocycles. The predicted molar refractivity (Wildman–Crippen MR) is 123 cm³/mol. The molecule has 4 nitrogen and oxygen atoms in total. The highest BCUT2D eigenvalue weighted by atomic mass is 35.5. The lowest BCUT2D eigenvalue weighted by atomic mass is 10.2. The van der Waals surface area contributed by atoms with Crippen LogP contribution >= 0.6 is 46.3 Å². The van der Waals surface area contributed by atoms with E-state index >= 15 is 0 Å². The summed E-state index contributed by atoms with van der Waals surface area (Å²) in [4.78, 5) is 20.7. The van der Waals surface area contributed by atoms with Gasteiger partial charge in [-0.05, 0) is 61.7 Å². The van der Waals surface area contributed by atoms with E-state index in [9.17, 15) is 4.79 Å². The first-order valence-electron chi connectivity index (χ1n) is 9.37. The molecule has 1 saturated heterocycles. The number of thiazole rings is 1. The number of amides is 1. The normalized spacial score (nSPS) is 16.4. The molecule has 0 spiro atoms. The van der Waals surface area contributed by atoms with Crippen LogP contribution in [0.15, 0.2) is 41.3 Å². The highest BCUT2D eigenvalue weighted by Gasteiger charge is 2.26. The van der Waals surface area contributed by atoms with Crippen molar-refractivity contribution in [2.45, 2.75) is 30.8 Å². The number of halogens is 2. The van der Waals surface area contributed by atoms with Gasteiger partial charge in [-0.2, -0.15) is 0 Å². The number of aryl methyl sites for hydroxylation is 1. The Bertz CT molecular complexity index is 1020. The van der Waals surface area contributed by atoms with Crippen molar-refractivity contribution in [1.29, 1.82) is 0 Å². The van der Waals surface area contributed by atoms with Crippen molar-refractivity contribution in [1.82, 2.24) is 4.98 Å². The molecule has 0 saturated carbocycles. The summed E-state index contributed by atoms with van der Waals surface area (Å²) in [5.41, 5.74) is 1.79.